The van der Waals surface area contributed by atoms with Crippen molar-refractivity contribution in [2.75, 3.05) is 53.2 Å². The number of anilines is 5. The number of ether oxygens (including phenoxy) is 2. The Morgan fingerprint density at radius 1 is 0.954 bits per heavy atom. The maximum absolute atomic E-state index is 15.2. The fourth-order valence-electron chi connectivity index (χ4n) is 11.2. The number of piperidine rings is 2. The number of amides is 2. The summed E-state index contributed by atoms with van der Waals surface area (Å²) >= 11 is 6.66. The molecule has 2 saturated carbocycles. The highest BCUT2D eigenvalue weighted by Gasteiger charge is 2.52. The minimum absolute atomic E-state index is 0.105. The summed E-state index contributed by atoms with van der Waals surface area (Å²) in [6, 6.07) is 10.6. The minimum Gasteiger partial charge on any atom is -0.480 e. The van der Waals surface area contributed by atoms with Crippen molar-refractivity contribution in [2.45, 2.75) is 94.8 Å². The van der Waals surface area contributed by atoms with Crippen LogP contribution in [0.15, 0.2) is 47.4 Å². The predicted octanol–water partition coefficient (Wildman–Crippen LogP) is 7.03. The van der Waals surface area contributed by atoms with Crippen molar-refractivity contribution in [2.24, 2.45) is 31.3 Å². The molecule has 2 aromatic carbocycles. The Morgan fingerprint density at radius 2 is 1.75 bits per heavy atom. The monoisotopic (exact) mass is 910 g/mol. The number of fused-ring (bicyclic) bond motifs is 4. The molecule has 5 aromatic rings. The van der Waals surface area contributed by atoms with E-state index in [1.54, 1.807) is 19.3 Å². The Labute approximate surface area is 379 Å². The third-order valence-electron chi connectivity index (χ3n) is 14.9. The van der Waals surface area contributed by atoms with Crippen LogP contribution in [0, 0.1) is 17.3 Å². The second-order valence-corrected chi connectivity index (χ2v) is 19.9. The van der Waals surface area contributed by atoms with Crippen molar-refractivity contribution in [1.29, 1.82) is 0 Å². The van der Waals surface area contributed by atoms with Crippen molar-refractivity contribution in [3.05, 3.63) is 63.7 Å². The highest BCUT2D eigenvalue weighted by molar-refractivity contribution is 6.33. The lowest BCUT2D eigenvalue weighted by atomic mass is 9.64. The van der Waals surface area contributed by atoms with E-state index in [0.29, 0.717) is 65.0 Å². The lowest BCUT2D eigenvalue weighted by Gasteiger charge is -2.55. The summed E-state index contributed by atoms with van der Waals surface area (Å²) in [7, 11) is 3.51. The van der Waals surface area contributed by atoms with E-state index < -0.39 is 30.0 Å². The van der Waals surface area contributed by atoms with Crippen molar-refractivity contribution >= 4 is 74.0 Å². The van der Waals surface area contributed by atoms with Gasteiger partial charge in [0.15, 0.2) is 12.4 Å². The summed E-state index contributed by atoms with van der Waals surface area (Å²) in [6.45, 7) is 4.93. The van der Waals surface area contributed by atoms with Crippen LogP contribution in [0.4, 0.5) is 37.6 Å². The van der Waals surface area contributed by atoms with Gasteiger partial charge in [-0.05, 0) is 99.6 Å². The molecule has 3 N–H and O–H groups in total. The second kappa shape index (κ2) is 15.8. The van der Waals surface area contributed by atoms with Crippen LogP contribution in [0.5, 0.6) is 5.75 Å². The molecule has 5 fully saturated rings. The fourth-order valence-corrected chi connectivity index (χ4v) is 11.4. The molecule has 1 unspecified atom stereocenters. The number of carbonyl (C=O) groups is 2. The van der Waals surface area contributed by atoms with Crippen LogP contribution in [0.25, 0.3) is 21.8 Å². The summed E-state index contributed by atoms with van der Waals surface area (Å²) < 4.78 is 46.0. The van der Waals surface area contributed by atoms with E-state index in [4.69, 9.17) is 31.2 Å². The van der Waals surface area contributed by atoms with Gasteiger partial charge >= 0.3 is 5.92 Å². The van der Waals surface area contributed by atoms with Crippen LogP contribution < -0.4 is 36.0 Å². The number of carbonyl (C=O) groups excluding carboxylic acids is 2. The van der Waals surface area contributed by atoms with Gasteiger partial charge in [0.05, 0.1) is 52.8 Å². The average molecular weight is 911 g/mol. The van der Waals surface area contributed by atoms with Gasteiger partial charge in [-0.25, -0.2) is 13.8 Å². The number of nitrogens with one attached hydrogen (secondary N) is 3. The van der Waals surface area contributed by atoms with Gasteiger partial charge < -0.3 is 34.5 Å². The number of aromatic nitrogens is 5. The molecule has 3 aromatic heterocycles. The third-order valence-corrected chi connectivity index (χ3v) is 15.2. The van der Waals surface area contributed by atoms with Gasteiger partial charge in [0.25, 0.3) is 5.56 Å². The molecule has 2 aliphatic carbocycles. The van der Waals surface area contributed by atoms with E-state index in [0.717, 1.165) is 80.6 Å². The number of benzene rings is 2. The number of halogens is 3. The molecule has 7 heterocycles. The Kier molecular flexibility index (Phi) is 10.2. The molecule has 3 saturated heterocycles. The van der Waals surface area contributed by atoms with Gasteiger partial charge in [0.2, 0.25) is 23.5 Å². The van der Waals surface area contributed by atoms with Crippen molar-refractivity contribution in [3.63, 3.8) is 0 Å². The quantitative estimate of drug-likeness (QED) is 0.137. The Morgan fingerprint density at radius 3 is 2.51 bits per heavy atom. The maximum Gasteiger partial charge on any atom is 0.301 e. The summed E-state index contributed by atoms with van der Waals surface area (Å²) in [6.07, 6.45) is 9.24. The summed E-state index contributed by atoms with van der Waals surface area (Å²) in [5.74, 6) is -2.93. The molecule has 4 aliphatic heterocycles. The molecule has 342 valence electrons. The van der Waals surface area contributed by atoms with E-state index in [1.165, 1.54) is 4.57 Å². The molecular weight excluding hydrogens is 858 g/mol. The Balaban J connectivity index is 0.704. The van der Waals surface area contributed by atoms with Crippen molar-refractivity contribution in [1.82, 2.24) is 29.6 Å². The first-order valence-electron chi connectivity index (χ1n) is 22.9. The number of aryl methyl sites for hydroxylation is 2. The molecule has 15 nitrogen and oxygen atoms in total. The molecular formula is C47H53ClF2N10O5. The lowest BCUT2D eigenvalue weighted by molar-refractivity contribution is -0.134. The average Bonchev–Trinajstić information content (AvgIpc) is 4.08. The molecule has 0 radical (unpaired) electrons. The van der Waals surface area contributed by atoms with Gasteiger partial charge in [0, 0.05) is 74.3 Å². The summed E-state index contributed by atoms with van der Waals surface area (Å²) in [5, 5.41) is 15.4. The SMILES string of the molecule is C[C@H]1CC2(CC[C@H]1OC1CCN(c3ccc4c(C5CCC(=O)NC5=O)nn(C)c4c3)CC1)CN(c1ncc(Cl)c(Nc3ccc4c(c3)c3c(c(=O)n4C)OCC(F)(F)[C@H](C4CC4)N3)n1)C2. The Bertz CT molecular complexity index is 2800. The smallest absolute Gasteiger partial charge is 0.301 e. The van der Waals surface area contributed by atoms with Gasteiger partial charge in [-0.1, -0.05) is 18.5 Å². The first-order chi connectivity index (χ1) is 31.2. The largest absolute Gasteiger partial charge is 0.480 e. The predicted molar refractivity (Wildman–Crippen MR) is 244 cm³/mol. The van der Waals surface area contributed by atoms with E-state index in [2.05, 4.69) is 55.9 Å². The van der Waals surface area contributed by atoms with Gasteiger partial charge in [-0.3, -0.25) is 24.4 Å². The van der Waals surface area contributed by atoms with Crippen molar-refractivity contribution in [3.8, 4) is 5.75 Å². The van der Waals surface area contributed by atoms with Crippen LogP contribution >= 0.6 is 11.6 Å². The number of rotatable bonds is 8. The number of hydrogen-bond donors (Lipinski definition) is 3. The molecule has 11 rings (SSSR count). The van der Waals surface area contributed by atoms with Crippen molar-refractivity contribution < 1.29 is 27.8 Å². The molecule has 65 heavy (non-hydrogen) atoms. The number of imide groups is 1. The number of pyridine rings is 1. The zero-order valence-corrected chi connectivity index (χ0v) is 37.5. The number of hydrogen-bond acceptors (Lipinski definition) is 12. The van der Waals surface area contributed by atoms with Crippen LogP contribution in [-0.2, 0) is 28.4 Å². The van der Waals surface area contributed by atoms with Gasteiger partial charge in [-0.15, -0.1) is 0 Å². The number of nitrogens with zero attached hydrogens (tertiary/aromatic N) is 7. The molecule has 2 amide bonds. The third kappa shape index (κ3) is 7.61. The van der Waals surface area contributed by atoms with E-state index >= 15 is 8.78 Å². The van der Waals surface area contributed by atoms with Crippen LogP contribution in [0.1, 0.15) is 76.3 Å². The molecule has 0 bridgehead atoms. The maximum atomic E-state index is 15.2. The zero-order chi connectivity index (χ0) is 44.9. The zero-order valence-electron chi connectivity index (χ0n) is 36.7. The van der Waals surface area contributed by atoms with E-state index in [1.807, 2.05) is 23.9 Å². The number of alkyl halides is 2. The highest BCUT2D eigenvalue weighted by Crippen LogP contribution is 2.49. The van der Waals surface area contributed by atoms with Crippen LogP contribution in [-0.4, -0.2) is 93.1 Å². The van der Waals surface area contributed by atoms with Crippen LogP contribution in [0.3, 0.4) is 0 Å². The first kappa shape index (κ1) is 42.1. The summed E-state index contributed by atoms with van der Waals surface area (Å²) in [4.78, 5) is 51.7. The first-order valence-corrected chi connectivity index (χ1v) is 23.3. The van der Waals surface area contributed by atoms with E-state index in [-0.39, 0.29) is 46.8 Å². The molecule has 18 heteroatoms. The molecule has 4 atom stereocenters. The van der Waals surface area contributed by atoms with Gasteiger partial charge in [-0.2, -0.15) is 10.1 Å². The summed E-state index contributed by atoms with van der Waals surface area (Å²) in [5.41, 5.74) is 4.00. The van der Waals surface area contributed by atoms with E-state index in [9.17, 15) is 14.4 Å². The standard InChI is InChI=1S/C47H53ClF2N10O5/c1-25-20-46(15-12-36(25)65-29-13-16-59(17-14-29)28-7-8-30-35(19-28)58(3)56-38(30)31-9-11-37(61)53-43(31)62)22-60(23-46)45-51-21-33(48)42(55-45)52-27-6-10-34-32(18-27)39-40(44(63)57(34)2)64-24-47(49,50)41(54-39)26-4-5-26/h6-8,10,18-19,21,25-26,29,31,36,41,54H,4-5,9,11-17,20,22-24H2,1-3H3,(H,51,52,55)(H,53,61,62)/t25-,31?,36+,41-/m0/s1. The van der Waals surface area contributed by atoms with Crippen LogP contribution in [0.2, 0.25) is 5.02 Å². The molecule has 6 aliphatic rings. The topological polar surface area (TPSA) is 161 Å². The second-order valence-electron chi connectivity index (χ2n) is 19.5. The van der Waals surface area contributed by atoms with Gasteiger partial charge in [0.1, 0.15) is 5.02 Å². The highest BCUT2D eigenvalue weighted by atomic mass is 35.5. The Hall–Kier alpha value is -5.55. The molecule has 1 spiro atoms. The minimum atomic E-state index is -3.13. The normalized spacial score (nSPS) is 25.4. The lowest BCUT2D eigenvalue weighted by Crippen LogP contribution is -2.60. The fraction of sp³-hybridized carbons (Fsp3) is 0.532.